The first-order chi connectivity index (χ1) is 7.99. The average Bonchev–Trinajstić information content (AvgIpc) is 2.65. The maximum absolute atomic E-state index is 11.3. The average molecular weight is 257 g/mol. The van der Waals surface area contributed by atoms with Crippen LogP contribution in [-0.4, -0.2) is 28.6 Å². The third-order valence-electron chi connectivity index (χ3n) is 1.94. The van der Waals surface area contributed by atoms with Gasteiger partial charge < -0.3 is 10.4 Å². The van der Waals surface area contributed by atoms with Crippen molar-refractivity contribution in [2.45, 2.75) is 26.2 Å². The Bertz CT molecular complexity index is 403. The molecule has 3 N–H and O–H groups in total. The van der Waals surface area contributed by atoms with E-state index in [4.69, 9.17) is 5.11 Å². The first-order valence-electron chi connectivity index (χ1n) is 5.21. The number of thiazole rings is 1. The SMILES string of the molecule is CC(C)c1cnc(NC(=O)NCCC(=O)O)s1. The third-order valence-corrected chi connectivity index (χ3v) is 3.15. The topological polar surface area (TPSA) is 91.3 Å². The summed E-state index contributed by atoms with van der Waals surface area (Å²) < 4.78 is 0. The molecule has 7 heteroatoms. The van der Waals surface area contributed by atoms with Crippen LogP contribution in [-0.2, 0) is 4.79 Å². The van der Waals surface area contributed by atoms with Crippen LogP contribution in [0.2, 0.25) is 0 Å². The molecule has 0 saturated carbocycles. The third kappa shape index (κ3) is 4.81. The predicted octanol–water partition coefficient (Wildman–Crippen LogP) is 1.86. The van der Waals surface area contributed by atoms with E-state index in [0.29, 0.717) is 11.0 Å². The molecule has 1 aromatic rings. The fourth-order valence-corrected chi connectivity index (χ4v) is 1.85. The van der Waals surface area contributed by atoms with E-state index >= 15 is 0 Å². The first kappa shape index (κ1) is 13.4. The van der Waals surface area contributed by atoms with Gasteiger partial charge in [-0.2, -0.15) is 0 Å². The molecule has 0 spiro atoms. The number of urea groups is 1. The Morgan fingerprint density at radius 3 is 2.76 bits per heavy atom. The molecule has 94 valence electrons. The molecule has 0 unspecified atom stereocenters. The van der Waals surface area contributed by atoms with Gasteiger partial charge in [-0.05, 0) is 5.92 Å². The van der Waals surface area contributed by atoms with E-state index in [1.807, 2.05) is 13.8 Å². The van der Waals surface area contributed by atoms with Crippen molar-refractivity contribution in [3.05, 3.63) is 11.1 Å². The van der Waals surface area contributed by atoms with Crippen molar-refractivity contribution >= 4 is 28.5 Å². The number of aliphatic carboxylic acids is 1. The van der Waals surface area contributed by atoms with Gasteiger partial charge in [-0.25, -0.2) is 9.78 Å². The summed E-state index contributed by atoms with van der Waals surface area (Å²) in [6.07, 6.45) is 1.63. The number of hydrogen-bond donors (Lipinski definition) is 3. The van der Waals surface area contributed by atoms with Gasteiger partial charge in [0.1, 0.15) is 0 Å². The molecule has 1 heterocycles. The minimum Gasteiger partial charge on any atom is -0.481 e. The van der Waals surface area contributed by atoms with E-state index in [9.17, 15) is 9.59 Å². The quantitative estimate of drug-likeness (QED) is 0.750. The second-order valence-electron chi connectivity index (χ2n) is 3.75. The number of carbonyl (C=O) groups excluding carboxylic acids is 1. The molecule has 0 radical (unpaired) electrons. The van der Waals surface area contributed by atoms with Crippen LogP contribution in [0.4, 0.5) is 9.93 Å². The summed E-state index contributed by atoms with van der Waals surface area (Å²) in [7, 11) is 0. The van der Waals surface area contributed by atoms with Crippen LogP contribution in [0.3, 0.4) is 0 Å². The molecule has 17 heavy (non-hydrogen) atoms. The van der Waals surface area contributed by atoms with E-state index in [1.54, 1.807) is 6.20 Å². The Labute approximate surface area is 103 Å². The lowest BCUT2D eigenvalue weighted by atomic mass is 10.2. The number of rotatable bonds is 5. The standard InChI is InChI=1S/C10H15N3O3S/c1-6(2)7-5-12-10(17-7)13-9(16)11-4-3-8(14)15/h5-6H,3-4H2,1-2H3,(H,14,15)(H2,11,12,13,16). The van der Waals surface area contributed by atoms with Gasteiger partial charge in [0.05, 0.1) is 6.42 Å². The lowest BCUT2D eigenvalue weighted by Crippen LogP contribution is -2.30. The van der Waals surface area contributed by atoms with Gasteiger partial charge in [0, 0.05) is 17.6 Å². The Hall–Kier alpha value is -1.63. The summed E-state index contributed by atoms with van der Waals surface area (Å²) in [5, 5.41) is 13.9. The summed E-state index contributed by atoms with van der Waals surface area (Å²) >= 11 is 1.41. The second kappa shape index (κ2) is 6.19. The number of anilines is 1. The zero-order valence-electron chi connectivity index (χ0n) is 9.69. The highest BCUT2D eigenvalue weighted by molar-refractivity contribution is 7.15. The molecule has 0 fully saturated rings. The molecule has 0 atom stereocenters. The second-order valence-corrected chi connectivity index (χ2v) is 4.81. The highest BCUT2D eigenvalue weighted by atomic mass is 32.1. The van der Waals surface area contributed by atoms with Crippen LogP contribution < -0.4 is 10.6 Å². The number of hydrogen-bond acceptors (Lipinski definition) is 4. The minimum absolute atomic E-state index is 0.0947. The van der Waals surface area contributed by atoms with Crippen molar-refractivity contribution in [3.63, 3.8) is 0 Å². The highest BCUT2D eigenvalue weighted by Gasteiger charge is 2.08. The van der Waals surface area contributed by atoms with Gasteiger partial charge in [0.15, 0.2) is 5.13 Å². The van der Waals surface area contributed by atoms with Gasteiger partial charge in [-0.3, -0.25) is 10.1 Å². The Morgan fingerprint density at radius 2 is 2.24 bits per heavy atom. The van der Waals surface area contributed by atoms with Crippen LogP contribution in [0.5, 0.6) is 0 Å². The van der Waals surface area contributed by atoms with Crippen LogP contribution in [0.25, 0.3) is 0 Å². The number of aromatic nitrogens is 1. The Morgan fingerprint density at radius 1 is 1.53 bits per heavy atom. The molecule has 0 aliphatic carbocycles. The van der Waals surface area contributed by atoms with E-state index in [-0.39, 0.29) is 13.0 Å². The fourth-order valence-electron chi connectivity index (χ4n) is 1.04. The maximum Gasteiger partial charge on any atom is 0.321 e. The van der Waals surface area contributed by atoms with E-state index in [0.717, 1.165) is 4.88 Å². The largest absolute Gasteiger partial charge is 0.481 e. The lowest BCUT2D eigenvalue weighted by Gasteiger charge is -2.03. The van der Waals surface area contributed by atoms with Crippen molar-refractivity contribution in [2.75, 3.05) is 11.9 Å². The Kier molecular flexibility index (Phi) is 4.89. The van der Waals surface area contributed by atoms with Crippen LogP contribution in [0.1, 0.15) is 31.1 Å². The van der Waals surface area contributed by atoms with E-state index < -0.39 is 12.0 Å². The number of amides is 2. The molecule has 0 aromatic carbocycles. The normalized spacial score (nSPS) is 10.3. The molecule has 1 rings (SSSR count). The number of carbonyl (C=O) groups is 2. The summed E-state index contributed by atoms with van der Waals surface area (Å²) in [5.74, 6) is -0.570. The molecule has 6 nitrogen and oxygen atoms in total. The predicted molar refractivity (Wildman–Crippen MR) is 65.5 cm³/mol. The summed E-state index contributed by atoms with van der Waals surface area (Å²) in [6.45, 7) is 4.19. The molecular weight excluding hydrogens is 242 g/mol. The highest BCUT2D eigenvalue weighted by Crippen LogP contribution is 2.24. The van der Waals surface area contributed by atoms with Crippen molar-refractivity contribution < 1.29 is 14.7 Å². The number of carboxylic acids is 1. The summed E-state index contributed by atoms with van der Waals surface area (Å²) in [4.78, 5) is 26.7. The molecule has 0 aliphatic rings. The van der Waals surface area contributed by atoms with Gasteiger partial charge >= 0.3 is 12.0 Å². The Balaban J connectivity index is 2.37. The zero-order valence-corrected chi connectivity index (χ0v) is 10.5. The van der Waals surface area contributed by atoms with E-state index in [1.165, 1.54) is 11.3 Å². The molecule has 0 saturated heterocycles. The van der Waals surface area contributed by atoms with Crippen LogP contribution in [0, 0.1) is 0 Å². The van der Waals surface area contributed by atoms with Gasteiger partial charge in [-0.15, -0.1) is 11.3 Å². The van der Waals surface area contributed by atoms with Crippen molar-refractivity contribution in [1.29, 1.82) is 0 Å². The monoisotopic (exact) mass is 257 g/mol. The maximum atomic E-state index is 11.3. The lowest BCUT2D eigenvalue weighted by molar-refractivity contribution is -0.136. The van der Waals surface area contributed by atoms with Gasteiger partial charge in [0.2, 0.25) is 0 Å². The molecule has 1 aromatic heterocycles. The summed E-state index contributed by atoms with van der Waals surface area (Å²) in [6, 6.07) is -0.434. The minimum atomic E-state index is -0.943. The molecule has 0 bridgehead atoms. The van der Waals surface area contributed by atoms with Crippen molar-refractivity contribution in [3.8, 4) is 0 Å². The molecule has 2 amide bonds. The van der Waals surface area contributed by atoms with Crippen LogP contribution in [0.15, 0.2) is 6.20 Å². The molecular formula is C10H15N3O3S. The number of carboxylic acid groups (broad SMARTS) is 1. The van der Waals surface area contributed by atoms with Crippen LogP contribution >= 0.6 is 11.3 Å². The van der Waals surface area contributed by atoms with Crippen molar-refractivity contribution in [2.24, 2.45) is 0 Å². The number of nitrogens with one attached hydrogen (secondary N) is 2. The number of nitrogens with zero attached hydrogens (tertiary/aromatic N) is 1. The van der Waals surface area contributed by atoms with E-state index in [2.05, 4.69) is 15.6 Å². The smallest absolute Gasteiger partial charge is 0.321 e. The summed E-state index contributed by atoms with van der Waals surface area (Å²) in [5.41, 5.74) is 0. The van der Waals surface area contributed by atoms with Gasteiger partial charge in [-0.1, -0.05) is 13.8 Å². The van der Waals surface area contributed by atoms with Gasteiger partial charge in [0.25, 0.3) is 0 Å². The fraction of sp³-hybridized carbons (Fsp3) is 0.500. The first-order valence-corrected chi connectivity index (χ1v) is 6.03. The van der Waals surface area contributed by atoms with Crippen molar-refractivity contribution in [1.82, 2.24) is 10.3 Å². The molecule has 0 aliphatic heterocycles. The zero-order chi connectivity index (χ0) is 12.8.